The highest BCUT2D eigenvalue weighted by Crippen LogP contribution is 2.18. The minimum Gasteiger partial charge on any atom is -0.479 e. The molecule has 5 heteroatoms. The highest BCUT2D eigenvalue weighted by Gasteiger charge is 2.34. The molecule has 1 rings (SSSR count). The van der Waals surface area contributed by atoms with Gasteiger partial charge in [0.25, 0.3) is 0 Å². The number of carboxylic acids is 1. The van der Waals surface area contributed by atoms with E-state index in [0.717, 1.165) is 13.0 Å². The summed E-state index contributed by atoms with van der Waals surface area (Å²) in [5, 5.41) is 27.9. The molecule has 5 nitrogen and oxygen atoms in total. The fourth-order valence-corrected chi connectivity index (χ4v) is 2.06. The number of aliphatic carboxylic acids is 1. The summed E-state index contributed by atoms with van der Waals surface area (Å²) in [7, 11) is 0. The van der Waals surface area contributed by atoms with E-state index in [1.54, 1.807) is 4.90 Å². The van der Waals surface area contributed by atoms with Crippen LogP contribution in [0.2, 0.25) is 0 Å². The molecule has 1 heterocycles. The van der Waals surface area contributed by atoms with E-state index in [4.69, 9.17) is 5.11 Å². The van der Waals surface area contributed by atoms with E-state index < -0.39 is 17.7 Å². The number of carbonyl (C=O) groups is 1. The zero-order chi connectivity index (χ0) is 11.6. The van der Waals surface area contributed by atoms with Crippen LogP contribution in [-0.4, -0.2) is 57.5 Å². The smallest absolute Gasteiger partial charge is 0.336 e. The number of hydrogen-bond donors (Lipinski definition) is 3. The zero-order valence-electron chi connectivity index (χ0n) is 9.18. The first-order valence-corrected chi connectivity index (χ1v) is 5.17. The topological polar surface area (TPSA) is 81.0 Å². The van der Waals surface area contributed by atoms with Gasteiger partial charge >= 0.3 is 5.97 Å². The molecule has 0 radical (unpaired) electrons. The van der Waals surface area contributed by atoms with Gasteiger partial charge in [0.05, 0.1) is 6.10 Å². The van der Waals surface area contributed by atoms with Crippen molar-refractivity contribution in [1.82, 2.24) is 4.90 Å². The molecule has 15 heavy (non-hydrogen) atoms. The molecule has 88 valence electrons. The Kier molecular flexibility index (Phi) is 3.70. The standard InChI is InChI=1S/C10H19NO4/c1-7-3-8(12)5-11(4-7)6-10(2,15)9(13)14/h7-8,12,15H,3-6H2,1-2H3,(H,13,14)/t7-,8+,10?/m1/s1. The lowest BCUT2D eigenvalue weighted by molar-refractivity contribution is -0.159. The Morgan fingerprint density at radius 1 is 1.53 bits per heavy atom. The highest BCUT2D eigenvalue weighted by molar-refractivity contribution is 5.76. The molecule has 0 aliphatic carbocycles. The monoisotopic (exact) mass is 217 g/mol. The lowest BCUT2D eigenvalue weighted by atomic mass is 9.96. The molecule has 3 N–H and O–H groups in total. The number of aliphatic hydroxyl groups excluding tert-OH is 1. The fraction of sp³-hybridized carbons (Fsp3) is 0.900. The molecule has 0 bridgehead atoms. The van der Waals surface area contributed by atoms with Crippen molar-refractivity contribution in [2.45, 2.75) is 32.0 Å². The lowest BCUT2D eigenvalue weighted by Crippen LogP contribution is -2.52. The van der Waals surface area contributed by atoms with E-state index in [2.05, 4.69) is 0 Å². The van der Waals surface area contributed by atoms with Gasteiger partial charge in [0.15, 0.2) is 5.60 Å². The molecule has 0 aromatic heterocycles. The fourth-order valence-electron chi connectivity index (χ4n) is 2.06. The maximum Gasteiger partial charge on any atom is 0.336 e. The minimum absolute atomic E-state index is 0.0593. The van der Waals surface area contributed by atoms with Gasteiger partial charge in [0, 0.05) is 19.6 Å². The maximum absolute atomic E-state index is 10.7. The third-order valence-electron chi connectivity index (χ3n) is 2.71. The second kappa shape index (κ2) is 4.47. The quantitative estimate of drug-likeness (QED) is 0.595. The van der Waals surface area contributed by atoms with Gasteiger partial charge in [-0.05, 0) is 19.3 Å². The first-order valence-electron chi connectivity index (χ1n) is 5.17. The van der Waals surface area contributed by atoms with Crippen LogP contribution in [-0.2, 0) is 4.79 Å². The average Bonchev–Trinajstić information content (AvgIpc) is 1.99. The molecule has 0 saturated carbocycles. The number of likely N-dealkylation sites (tertiary alicyclic amines) is 1. The van der Waals surface area contributed by atoms with Crippen LogP contribution in [0.4, 0.5) is 0 Å². The number of β-amino-alcohol motifs (C(OH)–C–C–N with tert-alkyl or cyclic N) is 2. The normalized spacial score (nSPS) is 32.3. The van der Waals surface area contributed by atoms with Crippen molar-refractivity contribution < 1.29 is 20.1 Å². The third kappa shape index (κ3) is 3.44. The average molecular weight is 217 g/mol. The van der Waals surface area contributed by atoms with Crippen LogP contribution in [0.3, 0.4) is 0 Å². The Morgan fingerprint density at radius 2 is 2.13 bits per heavy atom. The van der Waals surface area contributed by atoms with Gasteiger partial charge in [-0.25, -0.2) is 4.79 Å². The van der Waals surface area contributed by atoms with Gasteiger partial charge in [-0.3, -0.25) is 4.90 Å². The van der Waals surface area contributed by atoms with Crippen molar-refractivity contribution in [1.29, 1.82) is 0 Å². The molecule has 1 saturated heterocycles. The number of hydrogen-bond acceptors (Lipinski definition) is 4. The Balaban J connectivity index is 2.54. The molecular formula is C10H19NO4. The van der Waals surface area contributed by atoms with Crippen LogP contribution in [0.1, 0.15) is 20.3 Å². The molecule has 3 atom stereocenters. The van der Waals surface area contributed by atoms with E-state index in [0.29, 0.717) is 12.5 Å². The van der Waals surface area contributed by atoms with E-state index in [1.807, 2.05) is 6.92 Å². The van der Waals surface area contributed by atoms with Crippen molar-refractivity contribution in [3.8, 4) is 0 Å². The Morgan fingerprint density at radius 3 is 2.60 bits per heavy atom. The lowest BCUT2D eigenvalue weighted by Gasteiger charge is -2.36. The van der Waals surface area contributed by atoms with Gasteiger partial charge in [0.1, 0.15) is 0 Å². The summed E-state index contributed by atoms with van der Waals surface area (Å²) >= 11 is 0. The van der Waals surface area contributed by atoms with Crippen LogP contribution < -0.4 is 0 Å². The Hall–Kier alpha value is -0.650. The van der Waals surface area contributed by atoms with Gasteiger partial charge in [0.2, 0.25) is 0 Å². The second-order valence-corrected chi connectivity index (χ2v) is 4.77. The number of carboxylic acid groups (broad SMARTS) is 1. The molecule has 1 unspecified atom stereocenters. The van der Waals surface area contributed by atoms with Crippen molar-refractivity contribution in [2.24, 2.45) is 5.92 Å². The van der Waals surface area contributed by atoms with E-state index >= 15 is 0 Å². The maximum atomic E-state index is 10.7. The van der Waals surface area contributed by atoms with E-state index in [-0.39, 0.29) is 6.54 Å². The summed E-state index contributed by atoms with van der Waals surface area (Å²) in [6.07, 6.45) is 0.324. The van der Waals surface area contributed by atoms with Crippen molar-refractivity contribution >= 4 is 5.97 Å². The number of piperidine rings is 1. The van der Waals surface area contributed by atoms with Crippen LogP contribution in [0.15, 0.2) is 0 Å². The number of rotatable bonds is 3. The summed E-state index contributed by atoms with van der Waals surface area (Å²) in [6, 6.07) is 0. The molecule has 0 spiro atoms. The van der Waals surface area contributed by atoms with Crippen LogP contribution in [0, 0.1) is 5.92 Å². The van der Waals surface area contributed by atoms with Crippen LogP contribution >= 0.6 is 0 Å². The SMILES string of the molecule is C[C@@H]1C[C@H](O)CN(CC(C)(O)C(=O)O)C1. The predicted molar refractivity (Wildman–Crippen MR) is 54.5 cm³/mol. The Bertz CT molecular complexity index is 232. The van der Waals surface area contributed by atoms with Crippen molar-refractivity contribution in [3.05, 3.63) is 0 Å². The van der Waals surface area contributed by atoms with Gasteiger partial charge in [-0.2, -0.15) is 0 Å². The minimum atomic E-state index is -1.74. The van der Waals surface area contributed by atoms with Gasteiger partial charge in [-0.15, -0.1) is 0 Å². The summed E-state index contributed by atoms with van der Waals surface area (Å²) in [6.45, 7) is 4.50. The summed E-state index contributed by atoms with van der Waals surface area (Å²) in [5.41, 5.74) is -1.74. The molecule has 1 aliphatic rings. The highest BCUT2D eigenvalue weighted by atomic mass is 16.4. The molecular weight excluding hydrogens is 198 g/mol. The summed E-state index contributed by atoms with van der Waals surface area (Å²) in [4.78, 5) is 12.5. The zero-order valence-corrected chi connectivity index (χ0v) is 9.18. The molecule has 0 aromatic carbocycles. The van der Waals surface area contributed by atoms with Gasteiger partial charge < -0.3 is 15.3 Å². The van der Waals surface area contributed by atoms with Gasteiger partial charge in [-0.1, -0.05) is 6.92 Å². The Labute approximate surface area is 89.3 Å². The summed E-state index contributed by atoms with van der Waals surface area (Å²) < 4.78 is 0. The molecule has 0 aromatic rings. The van der Waals surface area contributed by atoms with Crippen molar-refractivity contribution in [3.63, 3.8) is 0 Å². The van der Waals surface area contributed by atoms with Crippen molar-refractivity contribution in [2.75, 3.05) is 19.6 Å². The first kappa shape index (κ1) is 12.4. The van der Waals surface area contributed by atoms with E-state index in [9.17, 15) is 15.0 Å². The summed E-state index contributed by atoms with van der Waals surface area (Å²) in [5.74, 6) is -0.895. The van der Waals surface area contributed by atoms with E-state index in [1.165, 1.54) is 6.92 Å². The van der Waals surface area contributed by atoms with Crippen LogP contribution in [0.25, 0.3) is 0 Å². The number of aliphatic hydroxyl groups is 2. The molecule has 0 amide bonds. The predicted octanol–water partition coefficient (Wildman–Crippen LogP) is -0.475. The molecule has 1 aliphatic heterocycles. The molecule has 1 fully saturated rings. The second-order valence-electron chi connectivity index (χ2n) is 4.77. The van der Waals surface area contributed by atoms with Crippen LogP contribution in [0.5, 0.6) is 0 Å². The largest absolute Gasteiger partial charge is 0.479 e. The number of nitrogens with zero attached hydrogens (tertiary/aromatic N) is 1. The third-order valence-corrected chi connectivity index (χ3v) is 2.71. The first-order chi connectivity index (χ1) is 6.81.